The zero-order chi connectivity index (χ0) is 21.4. The van der Waals surface area contributed by atoms with E-state index in [9.17, 15) is 19.2 Å². The third-order valence-corrected chi connectivity index (χ3v) is 7.97. The van der Waals surface area contributed by atoms with Gasteiger partial charge in [0.05, 0.1) is 13.1 Å². The first kappa shape index (κ1) is 21.2. The van der Waals surface area contributed by atoms with Crippen LogP contribution in [0.4, 0.5) is 9.59 Å². The summed E-state index contributed by atoms with van der Waals surface area (Å²) in [6.45, 7) is 0.0351. The van der Waals surface area contributed by atoms with Crippen LogP contribution in [0, 0.1) is 0 Å². The van der Waals surface area contributed by atoms with Crippen molar-refractivity contribution < 1.29 is 19.2 Å². The molecule has 0 saturated carbocycles. The highest BCUT2D eigenvalue weighted by Gasteiger charge is 2.52. The summed E-state index contributed by atoms with van der Waals surface area (Å²) in [7, 11) is 0. The van der Waals surface area contributed by atoms with Crippen molar-refractivity contribution in [1.29, 1.82) is 0 Å². The summed E-state index contributed by atoms with van der Waals surface area (Å²) >= 11 is 13.8. The van der Waals surface area contributed by atoms with Crippen LogP contribution in [0.1, 0.15) is 11.1 Å². The molecule has 4 rings (SSSR count). The van der Waals surface area contributed by atoms with Gasteiger partial charge in [-0.15, -0.1) is 0 Å². The molecule has 2 saturated heterocycles. The maximum Gasteiger partial charge on any atom is 0.289 e. The third-order valence-electron chi connectivity index (χ3n) is 4.76. The van der Waals surface area contributed by atoms with Crippen molar-refractivity contribution in [2.75, 3.05) is 0 Å². The van der Waals surface area contributed by atoms with Gasteiger partial charge in [-0.05, 0) is 46.8 Å². The Hall–Kier alpha value is -2.00. The molecule has 2 fully saturated rings. The van der Waals surface area contributed by atoms with Gasteiger partial charge >= 0.3 is 0 Å². The van der Waals surface area contributed by atoms with Crippen LogP contribution in [0.2, 0.25) is 10.0 Å². The second-order valence-corrected chi connectivity index (χ2v) is 9.64. The van der Waals surface area contributed by atoms with E-state index in [0.29, 0.717) is 21.2 Å². The number of hydrogen-bond donors (Lipinski definition) is 0. The fraction of sp³-hybridized carbons (Fsp3) is 0.200. The minimum atomic E-state index is -0.960. The van der Waals surface area contributed by atoms with E-state index in [-0.39, 0.29) is 13.1 Å². The van der Waals surface area contributed by atoms with Gasteiger partial charge in [0.2, 0.25) is 11.8 Å². The lowest BCUT2D eigenvalue weighted by Gasteiger charge is -2.17. The molecule has 0 spiro atoms. The molecule has 0 aliphatic carbocycles. The summed E-state index contributed by atoms with van der Waals surface area (Å²) in [6, 6.07) is 13.8. The Kier molecular flexibility index (Phi) is 6.11. The van der Waals surface area contributed by atoms with E-state index in [4.69, 9.17) is 23.2 Å². The Balaban J connectivity index is 1.50. The summed E-state index contributed by atoms with van der Waals surface area (Å²) in [5, 5.41) is -1.96. The van der Waals surface area contributed by atoms with Crippen LogP contribution < -0.4 is 0 Å². The fourth-order valence-corrected chi connectivity index (χ4v) is 5.85. The lowest BCUT2D eigenvalue weighted by molar-refractivity contribution is -0.132. The van der Waals surface area contributed by atoms with Crippen LogP contribution in [-0.2, 0) is 22.7 Å². The number of carbonyl (C=O) groups is 4. The van der Waals surface area contributed by atoms with Gasteiger partial charge in [-0.1, -0.05) is 59.6 Å². The minimum absolute atomic E-state index is 0.0176. The van der Waals surface area contributed by atoms with E-state index in [1.165, 1.54) is 0 Å². The molecule has 4 amide bonds. The first-order valence-corrected chi connectivity index (χ1v) is 11.4. The molecule has 2 aliphatic rings. The predicted molar refractivity (Wildman–Crippen MR) is 118 cm³/mol. The highest BCUT2D eigenvalue weighted by molar-refractivity contribution is 8.19. The minimum Gasteiger partial charge on any atom is -0.273 e. The van der Waals surface area contributed by atoms with Crippen LogP contribution in [0.3, 0.4) is 0 Å². The molecule has 0 bridgehead atoms. The molecule has 2 aromatic carbocycles. The summed E-state index contributed by atoms with van der Waals surface area (Å²) in [5.74, 6) is -0.994. The molecule has 2 atom stereocenters. The molecule has 6 nitrogen and oxygen atoms in total. The van der Waals surface area contributed by atoms with E-state index in [1.54, 1.807) is 48.5 Å². The lowest BCUT2D eigenvalue weighted by atomic mass is 10.1. The fourth-order valence-electron chi connectivity index (χ4n) is 3.19. The monoisotopic (exact) mass is 480 g/mol. The van der Waals surface area contributed by atoms with Crippen molar-refractivity contribution in [2.45, 2.75) is 23.6 Å². The van der Waals surface area contributed by atoms with Crippen LogP contribution in [0.5, 0.6) is 0 Å². The van der Waals surface area contributed by atoms with E-state index >= 15 is 0 Å². The number of imide groups is 2. The molecule has 154 valence electrons. The number of nitrogens with zero attached hydrogens (tertiary/aromatic N) is 2. The van der Waals surface area contributed by atoms with Gasteiger partial charge in [-0.3, -0.25) is 29.0 Å². The van der Waals surface area contributed by atoms with Gasteiger partial charge in [0.15, 0.2) is 0 Å². The summed E-state index contributed by atoms with van der Waals surface area (Å²) in [5.41, 5.74) is 1.26. The second-order valence-electron chi connectivity index (χ2n) is 6.64. The van der Waals surface area contributed by atoms with Crippen molar-refractivity contribution >= 4 is 69.0 Å². The number of amides is 4. The summed E-state index contributed by atoms with van der Waals surface area (Å²) < 4.78 is 0. The lowest BCUT2D eigenvalue weighted by Crippen LogP contribution is -2.40. The normalized spacial score (nSPS) is 21.8. The number of hydrogen-bond acceptors (Lipinski definition) is 6. The average Bonchev–Trinajstić information content (AvgIpc) is 3.15. The van der Waals surface area contributed by atoms with Gasteiger partial charge in [0, 0.05) is 10.0 Å². The molecule has 0 aromatic heterocycles. The number of carbonyl (C=O) groups excluding carboxylic acids is 4. The summed E-state index contributed by atoms with van der Waals surface area (Å²) in [4.78, 5) is 52.9. The number of rotatable bonds is 5. The van der Waals surface area contributed by atoms with Crippen LogP contribution in [0.15, 0.2) is 48.5 Å². The first-order valence-electron chi connectivity index (χ1n) is 8.87. The molecule has 0 unspecified atom stereocenters. The molecule has 30 heavy (non-hydrogen) atoms. The van der Waals surface area contributed by atoms with Crippen LogP contribution in [-0.4, -0.2) is 42.6 Å². The molecule has 2 aromatic rings. The quantitative estimate of drug-likeness (QED) is 0.610. The van der Waals surface area contributed by atoms with Crippen molar-refractivity contribution in [2.24, 2.45) is 0 Å². The van der Waals surface area contributed by atoms with Gasteiger partial charge in [0.1, 0.15) is 10.5 Å². The maximum atomic E-state index is 12.9. The Morgan fingerprint density at radius 1 is 0.667 bits per heavy atom. The Bertz CT molecular complexity index is 981. The van der Waals surface area contributed by atoms with Crippen molar-refractivity contribution in [3.05, 3.63) is 69.7 Å². The Labute approximate surface area is 190 Å². The molecular formula is C20H14Cl2N2O4S2. The van der Waals surface area contributed by atoms with E-state index in [1.807, 2.05) is 0 Å². The zero-order valence-corrected chi connectivity index (χ0v) is 18.4. The number of thioether (sulfide) groups is 2. The van der Waals surface area contributed by atoms with E-state index < -0.39 is 32.8 Å². The predicted octanol–water partition coefficient (Wildman–Crippen LogP) is 4.82. The van der Waals surface area contributed by atoms with Crippen molar-refractivity contribution in [3.8, 4) is 0 Å². The largest absolute Gasteiger partial charge is 0.289 e. The highest BCUT2D eigenvalue weighted by atomic mass is 35.5. The van der Waals surface area contributed by atoms with Crippen molar-refractivity contribution in [3.63, 3.8) is 0 Å². The third kappa shape index (κ3) is 3.97. The second kappa shape index (κ2) is 8.63. The van der Waals surface area contributed by atoms with Crippen LogP contribution >= 0.6 is 46.7 Å². The Morgan fingerprint density at radius 2 is 1.03 bits per heavy atom. The summed E-state index contributed by atoms with van der Waals surface area (Å²) in [6.07, 6.45) is 0. The Morgan fingerprint density at radius 3 is 1.40 bits per heavy atom. The van der Waals surface area contributed by atoms with Crippen molar-refractivity contribution in [1.82, 2.24) is 9.80 Å². The molecule has 10 heteroatoms. The zero-order valence-electron chi connectivity index (χ0n) is 15.3. The van der Waals surface area contributed by atoms with Gasteiger partial charge in [-0.25, -0.2) is 0 Å². The van der Waals surface area contributed by atoms with Crippen LogP contribution in [0.25, 0.3) is 0 Å². The molecule has 2 heterocycles. The molecule has 2 aliphatic heterocycles. The first-order chi connectivity index (χ1) is 14.4. The average molecular weight is 481 g/mol. The highest BCUT2D eigenvalue weighted by Crippen LogP contribution is 2.41. The number of halogens is 2. The smallest absolute Gasteiger partial charge is 0.273 e. The SMILES string of the molecule is O=C1S[C@@H]([C@H]2SC(=O)N(Cc3ccccc3Cl)C2=O)C(=O)N1Cc1ccccc1Cl. The topological polar surface area (TPSA) is 74.8 Å². The van der Waals surface area contributed by atoms with Gasteiger partial charge in [-0.2, -0.15) is 0 Å². The molecule has 0 N–H and O–H groups in total. The van der Waals surface area contributed by atoms with E-state index in [2.05, 4.69) is 0 Å². The molecular weight excluding hydrogens is 467 g/mol. The van der Waals surface area contributed by atoms with Gasteiger partial charge in [0.25, 0.3) is 10.5 Å². The van der Waals surface area contributed by atoms with Gasteiger partial charge < -0.3 is 0 Å². The molecule has 0 radical (unpaired) electrons. The van der Waals surface area contributed by atoms with E-state index in [0.717, 1.165) is 33.3 Å². The standard InChI is InChI=1S/C20H14Cl2N2O4S2/c21-13-7-3-1-5-11(13)9-23-17(25)15(29-19(23)27)16-18(26)24(20(28)30-16)10-12-6-2-4-8-14(12)22/h1-8,15-16H,9-10H2/t15-,16+. The number of benzene rings is 2. The maximum absolute atomic E-state index is 12.9.